The van der Waals surface area contributed by atoms with Gasteiger partial charge in [0, 0.05) is 43.0 Å². The van der Waals surface area contributed by atoms with Gasteiger partial charge < -0.3 is 25.8 Å². The number of aromatic amines is 1. The van der Waals surface area contributed by atoms with Crippen LogP contribution < -0.4 is 16.0 Å². The summed E-state index contributed by atoms with van der Waals surface area (Å²) < 4.78 is 0. The van der Waals surface area contributed by atoms with Crippen molar-refractivity contribution < 1.29 is 19.2 Å². The number of anilines is 2. The Morgan fingerprint density at radius 2 is 1.76 bits per heavy atom. The Kier molecular flexibility index (Phi) is 10.3. The van der Waals surface area contributed by atoms with Crippen LogP contribution in [0, 0.1) is 0 Å². The molecule has 2 aromatic carbocycles. The predicted octanol–water partition coefficient (Wildman–Crippen LogP) is 4.06. The Labute approximate surface area is 253 Å². The molecular weight excluding hydrogens is 581 g/mol. The molecule has 1 unspecified atom stereocenters. The van der Waals surface area contributed by atoms with E-state index in [1.807, 2.05) is 19.0 Å². The number of hydrogen-bond acceptors (Lipinski definition) is 6. The van der Waals surface area contributed by atoms with Crippen LogP contribution in [0.15, 0.2) is 60.8 Å². The second kappa shape index (κ2) is 14.1. The van der Waals surface area contributed by atoms with Crippen molar-refractivity contribution in [3.05, 3.63) is 87.7 Å². The molecule has 4 amide bonds. The van der Waals surface area contributed by atoms with Gasteiger partial charge in [0.15, 0.2) is 0 Å². The summed E-state index contributed by atoms with van der Waals surface area (Å²) in [5, 5.41) is 15.2. The summed E-state index contributed by atoms with van der Waals surface area (Å²) >= 11 is 12.3. The summed E-state index contributed by atoms with van der Waals surface area (Å²) in [7, 11) is 3.82. The van der Waals surface area contributed by atoms with Crippen molar-refractivity contribution in [3.63, 3.8) is 0 Å². The molecule has 1 saturated heterocycles. The van der Waals surface area contributed by atoms with Crippen LogP contribution in [0.3, 0.4) is 0 Å². The minimum atomic E-state index is -0.582. The molecule has 0 saturated carbocycles. The lowest BCUT2D eigenvalue weighted by Crippen LogP contribution is -2.49. The fourth-order valence-electron chi connectivity index (χ4n) is 4.42. The van der Waals surface area contributed by atoms with E-state index >= 15 is 0 Å². The van der Waals surface area contributed by atoms with E-state index < -0.39 is 11.8 Å². The molecule has 1 aliphatic heterocycles. The third-order valence-corrected chi connectivity index (χ3v) is 7.12. The fourth-order valence-corrected chi connectivity index (χ4v) is 4.99. The SMILES string of the molecule is CN(C)CC=CC(=O)Nc1ccc(C(=O)N2CCCC(NC(=O)c3[nH]ncc3NC(=O)c3c(Cl)cccc3Cl)C2)cc1. The number of piperidine rings is 1. The molecule has 4 N–H and O–H groups in total. The minimum Gasteiger partial charge on any atom is -0.346 e. The van der Waals surface area contributed by atoms with Gasteiger partial charge in [-0.05, 0) is 63.3 Å². The quantitative estimate of drug-likeness (QED) is 0.269. The van der Waals surface area contributed by atoms with Crippen LogP contribution in [-0.2, 0) is 4.79 Å². The van der Waals surface area contributed by atoms with Crippen LogP contribution in [0.1, 0.15) is 44.0 Å². The van der Waals surface area contributed by atoms with Crippen LogP contribution in [0.2, 0.25) is 10.0 Å². The van der Waals surface area contributed by atoms with Gasteiger partial charge in [-0.2, -0.15) is 5.10 Å². The van der Waals surface area contributed by atoms with Gasteiger partial charge >= 0.3 is 0 Å². The number of carbonyl (C=O) groups excluding carboxylic acids is 4. The zero-order valence-corrected chi connectivity index (χ0v) is 24.6. The third kappa shape index (κ3) is 7.96. The number of halogens is 2. The first-order chi connectivity index (χ1) is 20.1. The van der Waals surface area contributed by atoms with Crippen LogP contribution in [0.5, 0.6) is 0 Å². The molecule has 1 fully saturated rings. The number of carbonyl (C=O) groups is 4. The third-order valence-electron chi connectivity index (χ3n) is 6.49. The smallest absolute Gasteiger partial charge is 0.271 e. The van der Waals surface area contributed by atoms with Gasteiger partial charge in [0.25, 0.3) is 17.7 Å². The average molecular weight is 613 g/mol. The molecular formula is C29H31Cl2N7O4. The van der Waals surface area contributed by atoms with Crippen molar-refractivity contribution >= 4 is 58.2 Å². The zero-order valence-electron chi connectivity index (χ0n) is 23.1. The first-order valence-corrected chi connectivity index (χ1v) is 14.0. The largest absolute Gasteiger partial charge is 0.346 e. The molecule has 1 aromatic heterocycles. The van der Waals surface area contributed by atoms with Gasteiger partial charge in [-0.15, -0.1) is 0 Å². The number of aromatic nitrogens is 2. The summed E-state index contributed by atoms with van der Waals surface area (Å²) in [4.78, 5) is 54.8. The van der Waals surface area contributed by atoms with Gasteiger partial charge in [-0.1, -0.05) is 35.3 Å². The highest BCUT2D eigenvalue weighted by Gasteiger charge is 2.27. The highest BCUT2D eigenvalue weighted by Crippen LogP contribution is 2.26. The number of rotatable bonds is 9. The second-order valence-electron chi connectivity index (χ2n) is 10.0. The van der Waals surface area contributed by atoms with E-state index in [-0.39, 0.29) is 44.8 Å². The Balaban J connectivity index is 1.34. The van der Waals surface area contributed by atoms with Gasteiger partial charge in [0.2, 0.25) is 5.91 Å². The number of nitrogens with zero attached hydrogens (tertiary/aromatic N) is 3. The van der Waals surface area contributed by atoms with Crippen molar-refractivity contribution in [1.82, 2.24) is 25.3 Å². The standard InChI is InChI=1S/C29H31Cl2N7O4/c1-37(2)14-5-9-24(39)33-19-12-10-18(11-13-19)29(42)38-15-4-6-20(17-38)34-28(41)26-23(16-32-36-26)35-27(40)25-21(30)7-3-8-22(25)31/h3,5,7-13,16,20H,4,6,14-15,17H2,1-2H3,(H,32,36)(H,33,39)(H,34,41)(H,35,40). The Morgan fingerprint density at radius 1 is 1.05 bits per heavy atom. The van der Waals surface area contributed by atoms with Crippen molar-refractivity contribution in [2.45, 2.75) is 18.9 Å². The monoisotopic (exact) mass is 611 g/mol. The summed E-state index contributed by atoms with van der Waals surface area (Å²) in [5.41, 5.74) is 1.36. The molecule has 1 atom stereocenters. The maximum atomic E-state index is 13.2. The average Bonchev–Trinajstić information content (AvgIpc) is 3.41. The van der Waals surface area contributed by atoms with Crippen molar-refractivity contribution in [2.75, 3.05) is 44.4 Å². The first-order valence-electron chi connectivity index (χ1n) is 13.2. The molecule has 0 aliphatic carbocycles. The van der Waals surface area contributed by atoms with Gasteiger partial charge in [-0.3, -0.25) is 24.3 Å². The lowest BCUT2D eigenvalue weighted by Gasteiger charge is -2.33. The van der Waals surface area contributed by atoms with E-state index in [1.54, 1.807) is 53.4 Å². The number of H-pyrrole nitrogens is 1. The van der Waals surface area contributed by atoms with Crippen molar-refractivity contribution in [2.24, 2.45) is 0 Å². The van der Waals surface area contributed by atoms with Crippen LogP contribution in [-0.4, -0.2) is 83.4 Å². The highest BCUT2D eigenvalue weighted by atomic mass is 35.5. The fraction of sp³-hybridized carbons (Fsp3) is 0.276. The second-order valence-corrected chi connectivity index (χ2v) is 10.8. The summed E-state index contributed by atoms with van der Waals surface area (Å²) in [5.74, 6) is -1.49. The van der Waals surface area contributed by atoms with Crippen LogP contribution in [0.4, 0.5) is 11.4 Å². The number of likely N-dealkylation sites (N-methyl/N-ethyl adjacent to an activating group) is 1. The van der Waals surface area contributed by atoms with Gasteiger partial charge in [-0.25, -0.2) is 0 Å². The van der Waals surface area contributed by atoms with Crippen molar-refractivity contribution in [3.8, 4) is 0 Å². The molecule has 3 aromatic rings. The summed E-state index contributed by atoms with van der Waals surface area (Å²) in [6, 6.07) is 11.1. The Hall–Kier alpha value is -4.19. The lowest BCUT2D eigenvalue weighted by molar-refractivity contribution is -0.111. The minimum absolute atomic E-state index is 0.0594. The molecule has 42 heavy (non-hydrogen) atoms. The normalized spacial score (nSPS) is 15.1. The summed E-state index contributed by atoms with van der Waals surface area (Å²) in [6.45, 7) is 1.51. The van der Waals surface area contributed by atoms with Gasteiger partial charge in [0.1, 0.15) is 5.69 Å². The van der Waals surface area contributed by atoms with Crippen LogP contribution in [0.25, 0.3) is 0 Å². The highest BCUT2D eigenvalue weighted by molar-refractivity contribution is 6.40. The molecule has 4 rings (SSSR count). The number of likely N-dealkylation sites (tertiary alicyclic amines) is 1. The maximum absolute atomic E-state index is 13.2. The maximum Gasteiger partial charge on any atom is 0.271 e. The van der Waals surface area contributed by atoms with Crippen LogP contribution >= 0.6 is 23.2 Å². The van der Waals surface area contributed by atoms with E-state index in [0.717, 1.165) is 0 Å². The van der Waals surface area contributed by atoms with E-state index in [2.05, 4.69) is 26.1 Å². The number of nitrogens with one attached hydrogen (secondary N) is 4. The molecule has 13 heteroatoms. The Bertz CT molecular complexity index is 1470. The molecule has 220 valence electrons. The first kappa shape index (κ1) is 30.8. The molecule has 11 nitrogen and oxygen atoms in total. The van der Waals surface area contributed by atoms with Gasteiger partial charge in [0.05, 0.1) is 27.5 Å². The van der Waals surface area contributed by atoms with E-state index in [9.17, 15) is 19.2 Å². The number of amides is 4. The summed E-state index contributed by atoms with van der Waals surface area (Å²) in [6.07, 6.45) is 5.92. The molecule has 2 heterocycles. The lowest BCUT2D eigenvalue weighted by atomic mass is 10.0. The van der Waals surface area contributed by atoms with E-state index in [4.69, 9.17) is 23.2 Å². The van der Waals surface area contributed by atoms with E-state index in [1.165, 1.54) is 12.3 Å². The molecule has 0 spiro atoms. The topological polar surface area (TPSA) is 140 Å². The Morgan fingerprint density at radius 3 is 2.45 bits per heavy atom. The predicted molar refractivity (Wildman–Crippen MR) is 162 cm³/mol. The zero-order chi connectivity index (χ0) is 30.2. The number of hydrogen-bond donors (Lipinski definition) is 4. The molecule has 0 radical (unpaired) electrons. The molecule has 0 bridgehead atoms. The van der Waals surface area contributed by atoms with E-state index in [0.29, 0.717) is 43.7 Å². The molecule has 1 aliphatic rings. The van der Waals surface area contributed by atoms with Crippen molar-refractivity contribution in [1.29, 1.82) is 0 Å². The number of benzene rings is 2.